The van der Waals surface area contributed by atoms with E-state index < -0.39 is 0 Å². The predicted molar refractivity (Wildman–Crippen MR) is 80.5 cm³/mol. The van der Waals surface area contributed by atoms with E-state index in [-0.39, 0.29) is 11.7 Å². The number of carbonyl (C=O) groups excluding carboxylic acids is 3. The Morgan fingerprint density at radius 3 is 2.24 bits per heavy atom. The number of rotatable bonds is 5. The van der Waals surface area contributed by atoms with Gasteiger partial charge in [0.15, 0.2) is 5.78 Å². The number of nitrogens with one attached hydrogen (secondary N) is 2. The van der Waals surface area contributed by atoms with Crippen LogP contribution in [0.15, 0.2) is 48.5 Å². The Morgan fingerprint density at radius 2 is 1.57 bits per heavy atom. The van der Waals surface area contributed by atoms with Gasteiger partial charge in [-0.25, -0.2) is 0 Å². The molecular weight excluding hydrogens is 268 g/mol. The first-order chi connectivity index (χ1) is 10.1. The third kappa shape index (κ3) is 3.76. The molecule has 2 rings (SSSR count). The molecule has 5 nitrogen and oxygen atoms in total. The monoisotopic (exact) mass is 282 g/mol. The molecule has 0 aromatic heterocycles. The summed E-state index contributed by atoms with van der Waals surface area (Å²) in [5.74, 6) is -0.381. The van der Waals surface area contributed by atoms with Crippen molar-refractivity contribution in [3.8, 4) is 0 Å². The maximum Gasteiger partial charge on any atom is 0.255 e. The Hall–Kier alpha value is -2.95. The van der Waals surface area contributed by atoms with Crippen LogP contribution in [0.3, 0.4) is 0 Å². The van der Waals surface area contributed by atoms with Crippen LogP contribution in [0.5, 0.6) is 0 Å². The summed E-state index contributed by atoms with van der Waals surface area (Å²) in [5.41, 5.74) is 2.02. The van der Waals surface area contributed by atoms with Crippen molar-refractivity contribution in [1.29, 1.82) is 0 Å². The minimum Gasteiger partial charge on any atom is -0.329 e. The SMILES string of the molecule is CC(=O)c1cccc(NC(=O)c2cccc(NC=O)c2)c1. The number of Topliss-reactive ketones (excluding diaryl/α,β-unsaturated/α-hetero) is 1. The standard InChI is InChI=1S/C16H14N2O3/c1-11(20)12-4-2-7-15(8-12)18-16(21)13-5-3-6-14(9-13)17-10-19/h2-10H,1H3,(H,17,19)(H,18,21). The second-order valence-electron chi connectivity index (χ2n) is 4.43. The predicted octanol–water partition coefficient (Wildman–Crippen LogP) is 2.71. The van der Waals surface area contributed by atoms with E-state index in [9.17, 15) is 14.4 Å². The summed E-state index contributed by atoms with van der Waals surface area (Å²) in [4.78, 5) is 33.9. The van der Waals surface area contributed by atoms with Crippen LogP contribution in [0, 0.1) is 0 Å². The zero-order chi connectivity index (χ0) is 15.2. The van der Waals surface area contributed by atoms with Crippen molar-refractivity contribution in [3.63, 3.8) is 0 Å². The summed E-state index contributed by atoms with van der Waals surface area (Å²) in [5, 5.41) is 5.20. The van der Waals surface area contributed by atoms with Gasteiger partial charge in [-0.1, -0.05) is 18.2 Å². The molecule has 0 spiro atoms. The van der Waals surface area contributed by atoms with Crippen LogP contribution in [-0.2, 0) is 4.79 Å². The molecule has 0 unspecified atom stereocenters. The Morgan fingerprint density at radius 1 is 0.952 bits per heavy atom. The molecule has 2 aromatic carbocycles. The summed E-state index contributed by atoms with van der Waals surface area (Å²) < 4.78 is 0. The summed E-state index contributed by atoms with van der Waals surface area (Å²) in [7, 11) is 0. The van der Waals surface area contributed by atoms with E-state index >= 15 is 0 Å². The lowest BCUT2D eigenvalue weighted by Gasteiger charge is -2.07. The van der Waals surface area contributed by atoms with Crippen molar-refractivity contribution in [2.45, 2.75) is 6.92 Å². The van der Waals surface area contributed by atoms with Crippen LogP contribution in [-0.4, -0.2) is 18.1 Å². The summed E-state index contributed by atoms with van der Waals surface area (Å²) in [6.07, 6.45) is 0.549. The molecule has 0 fully saturated rings. The first-order valence-corrected chi connectivity index (χ1v) is 6.33. The van der Waals surface area contributed by atoms with Crippen LogP contribution < -0.4 is 10.6 Å². The zero-order valence-corrected chi connectivity index (χ0v) is 11.4. The summed E-state index contributed by atoms with van der Waals surface area (Å²) >= 11 is 0. The number of hydrogen-bond acceptors (Lipinski definition) is 3. The maximum absolute atomic E-state index is 12.1. The van der Waals surface area contributed by atoms with Gasteiger partial charge in [0.2, 0.25) is 6.41 Å². The first kappa shape index (κ1) is 14.5. The van der Waals surface area contributed by atoms with Crippen molar-refractivity contribution >= 4 is 29.5 Å². The Balaban J connectivity index is 2.17. The van der Waals surface area contributed by atoms with E-state index in [1.807, 2.05) is 0 Å². The fourth-order valence-electron chi connectivity index (χ4n) is 1.84. The molecule has 0 heterocycles. The largest absolute Gasteiger partial charge is 0.329 e. The minimum atomic E-state index is -0.315. The highest BCUT2D eigenvalue weighted by Crippen LogP contribution is 2.15. The average molecular weight is 282 g/mol. The fourth-order valence-corrected chi connectivity index (χ4v) is 1.84. The Bertz CT molecular complexity index is 695. The molecule has 0 aliphatic heterocycles. The molecule has 5 heteroatoms. The van der Waals surface area contributed by atoms with Crippen molar-refractivity contribution in [1.82, 2.24) is 0 Å². The molecule has 0 radical (unpaired) electrons. The zero-order valence-electron chi connectivity index (χ0n) is 11.4. The van der Waals surface area contributed by atoms with Crippen LogP contribution in [0.4, 0.5) is 11.4 Å². The average Bonchev–Trinajstić information content (AvgIpc) is 2.48. The molecule has 21 heavy (non-hydrogen) atoms. The molecule has 2 amide bonds. The van der Waals surface area contributed by atoms with Gasteiger partial charge in [-0.3, -0.25) is 14.4 Å². The number of amides is 2. The molecule has 0 bridgehead atoms. The quantitative estimate of drug-likeness (QED) is 0.654. The summed E-state index contributed by atoms with van der Waals surface area (Å²) in [6.45, 7) is 1.47. The van der Waals surface area contributed by atoms with Gasteiger partial charge in [-0.2, -0.15) is 0 Å². The van der Waals surface area contributed by atoms with Crippen LogP contribution in [0.25, 0.3) is 0 Å². The van der Waals surface area contributed by atoms with Gasteiger partial charge in [-0.05, 0) is 37.3 Å². The lowest BCUT2D eigenvalue weighted by molar-refractivity contribution is -0.105. The highest BCUT2D eigenvalue weighted by atomic mass is 16.1. The van der Waals surface area contributed by atoms with Crippen LogP contribution in [0.1, 0.15) is 27.6 Å². The van der Waals surface area contributed by atoms with Gasteiger partial charge in [0.05, 0.1) is 0 Å². The second kappa shape index (κ2) is 6.47. The van der Waals surface area contributed by atoms with Gasteiger partial charge in [0, 0.05) is 22.5 Å². The van der Waals surface area contributed by atoms with Crippen LogP contribution >= 0.6 is 0 Å². The molecule has 0 saturated carbocycles. The number of ketones is 1. The third-order valence-corrected chi connectivity index (χ3v) is 2.88. The fraction of sp³-hybridized carbons (Fsp3) is 0.0625. The van der Waals surface area contributed by atoms with Crippen molar-refractivity contribution in [2.24, 2.45) is 0 Å². The lowest BCUT2D eigenvalue weighted by atomic mass is 10.1. The third-order valence-electron chi connectivity index (χ3n) is 2.88. The Labute approximate surface area is 122 Å². The van der Waals surface area contributed by atoms with Crippen molar-refractivity contribution in [3.05, 3.63) is 59.7 Å². The highest BCUT2D eigenvalue weighted by molar-refractivity contribution is 6.05. The molecule has 0 atom stereocenters. The summed E-state index contributed by atoms with van der Waals surface area (Å²) in [6, 6.07) is 13.3. The van der Waals surface area contributed by atoms with E-state index in [4.69, 9.17) is 0 Å². The van der Waals surface area contributed by atoms with Gasteiger partial charge in [-0.15, -0.1) is 0 Å². The highest BCUT2D eigenvalue weighted by Gasteiger charge is 2.08. The van der Waals surface area contributed by atoms with E-state index in [0.717, 1.165) is 0 Å². The van der Waals surface area contributed by atoms with Crippen LogP contribution in [0.2, 0.25) is 0 Å². The number of anilines is 2. The lowest BCUT2D eigenvalue weighted by Crippen LogP contribution is -2.12. The van der Waals surface area contributed by atoms with Gasteiger partial charge in [0.25, 0.3) is 5.91 Å². The normalized spacial score (nSPS) is 9.76. The van der Waals surface area contributed by atoms with E-state index in [1.165, 1.54) is 6.92 Å². The van der Waals surface area contributed by atoms with E-state index in [1.54, 1.807) is 48.5 Å². The minimum absolute atomic E-state index is 0.0664. The first-order valence-electron chi connectivity index (χ1n) is 6.33. The van der Waals surface area contributed by atoms with Gasteiger partial charge in [0.1, 0.15) is 0 Å². The van der Waals surface area contributed by atoms with Gasteiger partial charge >= 0.3 is 0 Å². The Kier molecular flexibility index (Phi) is 4.46. The van der Waals surface area contributed by atoms with Crippen molar-refractivity contribution < 1.29 is 14.4 Å². The maximum atomic E-state index is 12.1. The molecule has 0 aliphatic carbocycles. The van der Waals surface area contributed by atoms with E-state index in [2.05, 4.69) is 10.6 Å². The smallest absolute Gasteiger partial charge is 0.255 e. The molecule has 106 valence electrons. The van der Waals surface area contributed by atoms with Crippen molar-refractivity contribution in [2.75, 3.05) is 10.6 Å². The topological polar surface area (TPSA) is 75.3 Å². The number of benzene rings is 2. The van der Waals surface area contributed by atoms with E-state index in [0.29, 0.717) is 28.9 Å². The second-order valence-corrected chi connectivity index (χ2v) is 4.43. The number of carbonyl (C=O) groups is 3. The van der Waals surface area contributed by atoms with Gasteiger partial charge < -0.3 is 10.6 Å². The number of hydrogen-bond donors (Lipinski definition) is 2. The molecule has 2 N–H and O–H groups in total. The molecule has 0 aliphatic rings. The molecular formula is C16H14N2O3. The molecule has 0 saturated heterocycles. The molecule has 2 aromatic rings.